The minimum atomic E-state index is -0.208. The van der Waals surface area contributed by atoms with Crippen LogP contribution in [0.4, 0.5) is 10.1 Å². The van der Waals surface area contributed by atoms with E-state index in [0.717, 1.165) is 44.8 Å². The van der Waals surface area contributed by atoms with Crippen LogP contribution in [0.2, 0.25) is 0 Å². The number of carbonyl (C=O) groups is 2. The van der Waals surface area contributed by atoms with Crippen molar-refractivity contribution in [1.29, 1.82) is 0 Å². The number of piperazine rings is 1. The third kappa shape index (κ3) is 4.26. The van der Waals surface area contributed by atoms with Gasteiger partial charge in [-0.05, 0) is 50.2 Å². The molecule has 7 heteroatoms. The number of Topliss-reactive ketones (excluding diaryl/α,β-unsaturated/α-hetero) is 1. The first-order chi connectivity index (χ1) is 14.6. The predicted molar refractivity (Wildman–Crippen MR) is 115 cm³/mol. The van der Waals surface area contributed by atoms with Crippen molar-refractivity contribution in [3.05, 3.63) is 53.6 Å². The first-order valence-electron chi connectivity index (χ1n) is 10.8. The van der Waals surface area contributed by atoms with E-state index in [9.17, 15) is 14.0 Å². The Kier molecular flexibility index (Phi) is 6.18. The van der Waals surface area contributed by atoms with Gasteiger partial charge in [-0.3, -0.25) is 14.5 Å². The van der Waals surface area contributed by atoms with E-state index in [1.165, 1.54) is 12.1 Å². The largest absolute Gasteiger partial charge is 0.369 e. The zero-order valence-electron chi connectivity index (χ0n) is 17.5. The average molecular weight is 413 g/mol. The summed E-state index contributed by atoms with van der Waals surface area (Å²) < 4.78 is 15.0. The highest BCUT2D eigenvalue weighted by molar-refractivity contribution is 6.09. The van der Waals surface area contributed by atoms with E-state index in [-0.39, 0.29) is 17.5 Å². The lowest BCUT2D eigenvalue weighted by molar-refractivity contribution is 0.0740. The number of nitrogens with zero attached hydrogens (tertiary/aromatic N) is 4. The van der Waals surface area contributed by atoms with Gasteiger partial charge in [0.2, 0.25) is 0 Å². The molecular weight excluding hydrogens is 383 g/mol. The number of hydrogen-bond donors (Lipinski definition) is 0. The van der Waals surface area contributed by atoms with Crippen LogP contribution < -0.4 is 4.90 Å². The number of halogens is 1. The molecule has 1 aromatic heterocycles. The average Bonchev–Trinajstić information content (AvgIpc) is 3.16. The molecule has 2 aliphatic heterocycles. The second-order valence-corrected chi connectivity index (χ2v) is 7.99. The van der Waals surface area contributed by atoms with Gasteiger partial charge in [0, 0.05) is 69.7 Å². The molecule has 30 heavy (non-hydrogen) atoms. The lowest BCUT2D eigenvalue weighted by atomic mass is 10.1. The zero-order chi connectivity index (χ0) is 21.1. The molecule has 0 bridgehead atoms. The fraction of sp³-hybridized carbons (Fsp3) is 0.478. The number of aryl methyl sites for hydroxylation is 1. The summed E-state index contributed by atoms with van der Waals surface area (Å²) >= 11 is 0. The van der Waals surface area contributed by atoms with Gasteiger partial charge in [0.1, 0.15) is 11.5 Å². The van der Waals surface area contributed by atoms with E-state index >= 15 is 0 Å². The lowest BCUT2D eigenvalue weighted by Gasteiger charge is -2.36. The molecule has 2 aromatic rings. The fourth-order valence-corrected chi connectivity index (χ4v) is 4.40. The van der Waals surface area contributed by atoms with Gasteiger partial charge in [0.15, 0.2) is 5.78 Å². The molecule has 0 spiro atoms. The SMILES string of the molecule is CCn1ccc2c1C(=O)N(CCCN1CCN(c3ccc(F)cc3)CC1)CCC2=O. The molecule has 0 unspecified atom stereocenters. The number of rotatable bonds is 6. The molecule has 0 aliphatic carbocycles. The number of fused-ring (bicyclic) bond motifs is 1. The van der Waals surface area contributed by atoms with Crippen molar-refractivity contribution in [2.75, 3.05) is 50.7 Å². The van der Waals surface area contributed by atoms with Crippen LogP contribution in [-0.2, 0) is 6.54 Å². The van der Waals surface area contributed by atoms with Crippen molar-refractivity contribution in [2.45, 2.75) is 26.3 Å². The predicted octanol–water partition coefficient (Wildman–Crippen LogP) is 2.89. The third-order valence-electron chi connectivity index (χ3n) is 6.17. The lowest BCUT2D eigenvalue weighted by Crippen LogP contribution is -2.47. The van der Waals surface area contributed by atoms with Gasteiger partial charge in [0.05, 0.1) is 0 Å². The minimum absolute atomic E-state index is 0.0242. The molecule has 1 aromatic carbocycles. The van der Waals surface area contributed by atoms with Gasteiger partial charge in [-0.15, -0.1) is 0 Å². The highest BCUT2D eigenvalue weighted by Crippen LogP contribution is 2.21. The quantitative estimate of drug-likeness (QED) is 0.732. The Labute approximate surface area is 176 Å². The van der Waals surface area contributed by atoms with E-state index in [1.807, 2.05) is 34.7 Å². The summed E-state index contributed by atoms with van der Waals surface area (Å²) in [5, 5.41) is 0. The van der Waals surface area contributed by atoms with Gasteiger partial charge in [-0.2, -0.15) is 0 Å². The van der Waals surface area contributed by atoms with Crippen LogP contribution in [0.1, 0.15) is 40.6 Å². The maximum atomic E-state index is 13.1. The van der Waals surface area contributed by atoms with Crippen LogP contribution in [0.3, 0.4) is 0 Å². The van der Waals surface area contributed by atoms with Crippen LogP contribution in [-0.4, -0.2) is 71.9 Å². The monoisotopic (exact) mass is 412 g/mol. The number of ketones is 1. The van der Waals surface area contributed by atoms with Gasteiger partial charge in [-0.1, -0.05) is 0 Å². The molecule has 1 fully saturated rings. The molecule has 4 rings (SSSR count). The van der Waals surface area contributed by atoms with Crippen molar-refractivity contribution in [3.63, 3.8) is 0 Å². The second-order valence-electron chi connectivity index (χ2n) is 7.99. The van der Waals surface area contributed by atoms with E-state index < -0.39 is 0 Å². The smallest absolute Gasteiger partial charge is 0.271 e. The van der Waals surface area contributed by atoms with Gasteiger partial charge < -0.3 is 14.4 Å². The molecular formula is C23H29FN4O2. The first kappa shape index (κ1) is 20.6. The third-order valence-corrected chi connectivity index (χ3v) is 6.17. The molecule has 0 atom stereocenters. The normalized spacial score (nSPS) is 17.9. The second kappa shape index (κ2) is 9.00. The molecule has 0 N–H and O–H groups in total. The van der Waals surface area contributed by atoms with Crippen LogP contribution in [0.25, 0.3) is 0 Å². The number of benzene rings is 1. The maximum Gasteiger partial charge on any atom is 0.271 e. The number of hydrogen-bond acceptors (Lipinski definition) is 4. The van der Waals surface area contributed by atoms with Gasteiger partial charge >= 0.3 is 0 Å². The van der Waals surface area contributed by atoms with E-state index in [2.05, 4.69) is 9.80 Å². The van der Waals surface area contributed by atoms with Crippen molar-refractivity contribution in [3.8, 4) is 0 Å². The number of anilines is 1. The summed E-state index contributed by atoms with van der Waals surface area (Å²) in [5.41, 5.74) is 2.18. The van der Waals surface area contributed by atoms with E-state index in [1.54, 1.807) is 6.07 Å². The molecule has 160 valence electrons. The van der Waals surface area contributed by atoms with E-state index in [4.69, 9.17) is 0 Å². The summed E-state index contributed by atoms with van der Waals surface area (Å²) in [6.07, 6.45) is 3.12. The summed E-state index contributed by atoms with van der Waals surface area (Å²) in [6, 6.07) is 8.45. The van der Waals surface area contributed by atoms with Crippen LogP contribution in [0.15, 0.2) is 36.5 Å². The zero-order valence-corrected chi connectivity index (χ0v) is 17.5. The summed E-state index contributed by atoms with van der Waals surface area (Å²) in [5.74, 6) is -0.172. The summed E-state index contributed by atoms with van der Waals surface area (Å²) in [4.78, 5) is 31.9. The van der Waals surface area contributed by atoms with Crippen molar-refractivity contribution >= 4 is 17.4 Å². The number of amides is 1. The number of aromatic nitrogens is 1. The Morgan fingerprint density at radius 1 is 0.933 bits per heavy atom. The van der Waals surface area contributed by atoms with Crippen LogP contribution >= 0.6 is 0 Å². The standard InChI is InChI=1S/C23H29FN4O2/c1-2-26-12-8-20-21(29)9-13-28(23(30)22(20)26)11-3-10-25-14-16-27(17-15-25)19-6-4-18(24)5-7-19/h4-8,12H,2-3,9-11,13-17H2,1H3. The molecule has 0 saturated carbocycles. The Bertz CT molecular complexity index is 900. The van der Waals surface area contributed by atoms with Crippen molar-refractivity contribution in [2.24, 2.45) is 0 Å². The Balaban J connectivity index is 1.28. The Morgan fingerprint density at radius 3 is 2.37 bits per heavy atom. The topological polar surface area (TPSA) is 48.8 Å². The summed E-state index contributed by atoms with van der Waals surface area (Å²) in [7, 11) is 0. The molecule has 0 radical (unpaired) electrons. The molecule has 1 amide bonds. The van der Waals surface area contributed by atoms with E-state index in [0.29, 0.717) is 37.3 Å². The molecule has 6 nitrogen and oxygen atoms in total. The van der Waals surface area contributed by atoms with Crippen LogP contribution in [0.5, 0.6) is 0 Å². The van der Waals surface area contributed by atoms with Crippen molar-refractivity contribution in [1.82, 2.24) is 14.4 Å². The maximum absolute atomic E-state index is 13.1. The highest BCUT2D eigenvalue weighted by Gasteiger charge is 2.29. The fourth-order valence-electron chi connectivity index (χ4n) is 4.40. The van der Waals surface area contributed by atoms with Gasteiger partial charge in [-0.25, -0.2) is 4.39 Å². The van der Waals surface area contributed by atoms with Crippen LogP contribution in [0, 0.1) is 5.82 Å². The highest BCUT2D eigenvalue weighted by atomic mass is 19.1. The van der Waals surface area contributed by atoms with Gasteiger partial charge in [0.25, 0.3) is 5.91 Å². The Hall–Kier alpha value is -2.67. The minimum Gasteiger partial charge on any atom is -0.369 e. The Morgan fingerprint density at radius 2 is 1.67 bits per heavy atom. The number of carbonyl (C=O) groups excluding carboxylic acids is 2. The molecule has 2 aliphatic rings. The first-order valence-corrected chi connectivity index (χ1v) is 10.8. The summed E-state index contributed by atoms with van der Waals surface area (Å²) in [6.45, 7) is 8.48. The molecule has 1 saturated heterocycles. The molecule has 3 heterocycles. The van der Waals surface area contributed by atoms with Crippen molar-refractivity contribution < 1.29 is 14.0 Å².